The van der Waals surface area contributed by atoms with Crippen molar-refractivity contribution in [1.29, 1.82) is 0 Å². The Hall–Kier alpha value is -3.45. The van der Waals surface area contributed by atoms with Crippen LogP contribution in [0.1, 0.15) is 43.3 Å². The Kier molecular flexibility index (Phi) is 6.66. The van der Waals surface area contributed by atoms with Gasteiger partial charge in [-0.05, 0) is 30.9 Å². The minimum Gasteiger partial charge on any atom is -0.385 e. The summed E-state index contributed by atoms with van der Waals surface area (Å²) in [6, 6.07) is 17.4. The second kappa shape index (κ2) is 9.78. The van der Waals surface area contributed by atoms with E-state index in [2.05, 4.69) is 29.5 Å². The summed E-state index contributed by atoms with van der Waals surface area (Å²) >= 11 is 0. The quantitative estimate of drug-likeness (QED) is 0.516. The van der Waals surface area contributed by atoms with Crippen molar-refractivity contribution in [3.63, 3.8) is 0 Å². The van der Waals surface area contributed by atoms with Gasteiger partial charge in [-0.25, -0.2) is 4.79 Å². The highest BCUT2D eigenvalue weighted by Crippen LogP contribution is 2.37. The molecule has 2 amide bonds. The highest BCUT2D eigenvalue weighted by molar-refractivity contribution is 5.86. The maximum absolute atomic E-state index is 12.9. The van der Waals surface area contributed by atoms with Gasteiger partial charge in [0.2, 0.25) is 5.82 Å². The van der Waals surface area contributed by atoms with Crippen LogP contribution in [0.25, 0.3) is 17.0 Å². The van der Waals surface area contributed by atoms with Gasteiger partial charge in [0.15, 0.2) is 0 Å². The lowest BCUT2D eigenvalue weighted by Gasteiger charge is -2.35. The van der Waals surface area contributed by atoms with Crippen molar-refractivity contribution in [3.05, 3.63) is 77.3 Å². The normalized spacial score (nSPS) is 16.4. The molecule has 0 radical (unpaired) electrons. The lowest BCUT2D eigenvalue weighted by molar-refractivity contribution is 0.174. The number of aromatic nitrogens is 2. The number of ether oxygens (including phenoxy) is 1. The molecular weight excluding hydrogens is 404 g/mol. The highest BCUT2D eigenvalue weighted by Gasteiger charge is 2.35. The fourth-order valence-electron chi connectivity index (χ4n) is 3.93. The molecule has 166 valence electrons. The van der Waals surface area contributed by atoms with Crippen LogP contribution in [-0.2, 0) is 11.2 Å². The molecule has 1 aliphatic heterocycles. The summed E-state index contributed by atoms with van der Waals surface area (Å²) in [6.45, 7) is 5.16. The van der Waals surface area contributed by atoms with Crippen LogP contribution >= 0.6 is 0 Å². The predicted octanol–water partition coefficient (Wildman–Crippen LogP) is 4.83. The Morgan fingerprint density at radius 1 is 1.12 bits per heavy atom. The largest absolute Gasteiger partial charge is 0.385 e. The van der Waals surface area contributed by atoms with E-state index >= 15 is 0 Å². The van der Waals surface area contributed by atoms with Gasteiger partial charge in [0.1, 0.15) is 0 Å². The topological polar surface area (TPSA) is 80.5 Å². The smallest absolute Gasteiger partial charge is 0.322 e. The number of methoxy groups -OCH3 is 1. The molecule has 2 aromatic carbocycles. The fourth-order valence-corrected chi connectivity index (χ4v) is 3.93. The van der Waals surface area contributed by atoms with Crippen molar-refractivity contribution in [2.75, 3.05) is 20.3 Å². The minimum atomic E-state index is -0.377. The molecule has 2 heterocycles. The lowest BCUT2D eigenvalue weighted by atomic mass is 9.94. The molecule has 1 unspecified atom stereocenters. The number of nitrogens with one attached hydrogen (secondary N) is 1. The Morgan fingerprint density at radius 3 is 2.56 bits per heavy atom. The van der Waals surface area contributed by atoms with Gasteiger partial charge in [0.05, 0.1) is 11.6 Å². The summed E-state index contributed by atoms with van der Waals surface area (Å²) < 4.78 is 10.9. The van der Waals surface area contributed by atoms with Crippen molar-refractivity contribution in [2.45, 2.75) is 32.7 Å². The van der Waals surface area contributed by atoms with Crippen molar-refractivity contribution >= 4 is 11.6 Å². The van der Waals surface area contributed by atoms with Crippen molar-refractivity contribution in [3.8, 4) is 11.4 Å². The van der Waals surface area contributed by atoms with E-state index < -0.39 is 0 Å². The lowest BCUT2D eigenvalue weighted by Crippen LogP contribution is -2.46. The number of amides is 2. The molecule has 3 aromatic rings. The van der Waals surface area contributed by atoms with E-state index in [9.17, 15) is 4.79 Å². The summed E-state index contributed by atoms with van der Waals surface area (Å²) in [5.41, 5.74) is 4.71. The maximum atomic E-state index is 12.9. The first-order valence-electron chi connectivity index (χ1n) is 10.9. The first-order valence-corrected chi connectivity index (χ1v) is 10.9. The third-order valence-electron chi connectivity index (χ3n) is 5.74. The summed E-state index contributed by atoms with van der Waals surface area (Å²) in [6.07, 6.45) is 1.70. The van der Waals surface area contributed by atoms with Gasteiger partial charge in [0, 0.05) is 31.5 Å². The molecular formula is C25H28N4O3. The molecule has 0 aliphatic carbocycles. The number of carbonyl (C=O) groups is 1. The zero-order chi connectivity index (χ0) is 22.5. The van der Waals surface area contributed by atoms with E-state index in [0.717, 1.165) is 35.2 Å². The van der Waals surface area contributed by atoms with Crippen LogP contribution in [0.4, 0.5) is 4.79 Å². The number of benzene rings is 2. The minimum absolute atomic E-state index is 0.147. The second-order valence-corrected chi connectivity index (χ2v) is 7.76. The SMILES string of the molecule is CCc1ccc(-c2noc(C3=C(C)N(CCCOC)C(=O)NC3c3ccccc3)n2)cc1. The maximum Gasteiger partial charge on any atom is 0.322 e. The standard InChI is InChI=1S/C25H28N4O3/c1-4-18-11-13-20(14-12-18)23-27-24(32-28-23)21-17(2)29(15-8-16-31-3)25(30)26-22(21)19-9-6-5-7-10-19/h5-7,9-14,22H,4,8,15-16H2,1-3H3,(H,26,30). The van der Waals surface area contributed by atoms with E-state index in [1.54, 1.807) is 12.0 Å². The summed E-state index contributed by atoms with van der Waals surface area (Å²) in [4.78, 5) is 19.3. The van der Waals surface area contributed by atoms with Crippen LogP contribution < -0.4 is 5.32 Å². The summed E-state index contributed by atoms with van der Waals surface area (Å²) in [7, 11) is 1.66. The van der Waals surface area contributed by atoms with Gasteiger partial charge in [-0.3, -0.25) is 4.90 Å². The molecule has 7 heteroatoms. The third kappa shape index (κ3) is 4.43. The zero-order valence-electron chi connectivity index (χ0n) is 18.7. The summed E-state index contributed by atoms with van der Waals surface area (Å²) in [5, 5.41) is 7.34. The number of allylic oxidation sites excluding steroid dienone is 1. The van der Waals surface area contributed by atoms with Gasteiger partial charge < -0.3 is 14.6 Å². The molecule has 0 saturated carbocycles. The molecule has 1 aliphatic rings. The van der Waals surface area contributed by atoms with Crippen LogP contribution in [-0.4, -0.2) is 41.3 Å². The number of hydrogen-bond donors (Lipinski definition) is 1. The van der Waals surface area contributed by atoms with Gasteiger partial charge in [0.25, 0.3) is 5.89 Å². The summed E-state index contributed by atoms with van der Waals surface area (Å²) in [5.74, 6) is 0.931. The number of nitrogens with zero attached hydrogens (tertiary/aromatic N) is 3. The van der Waals surface area contributed by atoms with E-state index in [0.29, 0.717) is 24.9 Å². The van der Waals surface area contributed by atoms with Crippen molar-refractivity contribution in [1.82, 2.24) is 20.4 Å². The molecule has 4 rings (SSSR count). The van der Waals surface area contributed by atoms with Crippen LogP contribution in [0.3, 0.4) is 0 Å². The van der Waals surface area contributed by atoms with Crippen LogP contribution in [0, 0.1) is 0 Å². The fraction of sp³-hybridized carbons (Fsp3) is 0.320. The number of carbonyl (C=O) groups excluding carboxylic acids is 1. The number of rotatable bonds is 8. The highest BCUT2D eigenvalue weighted by atomic mass is 16.5. The Labute approximate surface area is 188 Å². The van der Waals surface area contributed by atoms with Gasteiger partial charge in [-0.2, -0.15) is 4.98 Å². The van der Waals surface area contributed by atoms with Crippen LogP contribution in [0.5, 0.6) is 0 Å². The van der Waals surface area contributed by atoms with E-state index in [1.165, 1.54) is 5.56 Å². The predicted molar refractivity (Wildman–Crippen MR) is 123 cm³/mol. The van der Waals surface area contributed by atoms with E-state index in [4.69, 9.17) is 14.2 Å². The molecule has 1 aromatic heterocycles. The van der Waals surface area contributed by atoms with E-state index in [1.807, 2.05) is 49.4 Å². The molecule has 0 spiro atoms. The zero-order valence-corrected chi connectivity index (χ0v) is 18.7. The van der Waals surface area contributed by atoms with Crippen LogP contribution in [0.2, 0.25) is 0 Å². The molecule has 0 fully saturated rings. The molecule has 1 N–H and O–H groups in total. The average molecular weight is 433 g/mol. The molecule has 1 atom stereocenters. The molecule has 32 heavy (non-hydrogen) atoms. The monoisotopic (exact) mass is 432 g/mol. The van der Waals surface area contributed by atoms with Crippen molar-refractivity contribution in [2.24, 2.45) is 0 Å². The van der Waals surface area contributed by atoms with Gasteiger partial charge >= 0.3 is 6.03 Å². The first kappa shape index (κ1) is 21.8. The third-order valence-corrected chi connectivity index (χ3v) is 5.74. The molecule has 0 bridgehead atoms. The second-order valence-electron chi connectivity index (χ2n) is 7.76. The first-order chi connectivity index (χ1) is 15.6. The van der Waals surface area contributed by atoms with Gasteiger partial charge in [-0.15, -0.1) is 0 Å². The average Bonchev–Trinajstić information content (AvgIpc) is 3.31. The Morgan fingerprint density at radius 2 is 1.88 bits per heavy atom. The van der Waals surface area contributed by atoms with E-state index in [-0.39, 0.29) is 12.1 Å². The number of urea groups is 1. The number of hydrogen-bond acceptors (Lipinski definition) is 5. The van der Waals surface area contributed by atoms with Crippen LogP contribution in [0.15, 0.2) is 64.8 Å². The Balaban J connectivity index is 1.74. The van der Waals surface area contributed by atoms with Gasteiger partial charge in [-0.1, -0.05) is 66.7 Å². The molecule has 7 nitrogen and oxygen atoms in total. The number of aryl methyl sites for hydroxylation is 1. The van der Waals surface area contributed by atoms with Crippen molar-refractivity contribution < 1.29 is 14.1 Å². The molecule has 0 saturated heterocycles. The Bertz CT molecular complexity index is 1090.